The van der Waals surface area contributed by atoms with Crippen LogP contribution in [0, 0.1) is 0 Å². The summed E-state index contributed by atoms with van der Waals surface area (Å²) in [6, 6.07) is 0. The van der Waals surface area contributed by atoms with E-state index >= 15 is 0 Å². The fraction of sp³-hybridized carbons (Fsp3) is 0.375. The molecule has 0 spiro atoms. The van der Waals surface area contributed by atoms with Crippen LogP contribution >= 0.6 is 11.6 Å². The van der Waals surface area contributed by atoms with Gasteiger partial charge >= 0.3 is 0 Å². The van der Waals surface area contributed by atoms with Crippen molar-refractivity contribution in [2.75, 3.05) is 0 Å². The van der Waals surface area contributed by atoms with Crippen molar-refractivity contribution in [2.24, 2.45) is 0 Å². The van der Waals surface area contributed by atoms with Crippen LogP contribution in [0.5, 0.6) is 0 Å². The largest absolute Gasteiger partial charge is 0.288 e. The van der Waals surface area contributed by atoms with Crippen molar-refractivity contribution >= 4 is 17.4 Å². The van der Waals surface area contributed by atoms with Gasteiger partial charge in [-0.1, -0.05) is 17.7 Å². The summed E-state index contributed by atoms with van der Waals surface area (Å²) in [7, 11) is 0. The van der Waals surface area contributed by atoms with E-state index < -0.39 is 0 Å². The minimum absolute atomic E-state index is 0.0228. The Bertz CT molecular complexity index is 236. The third-order valence-electron chi connectivity index (χ3n) is 1.65. The molecule has 0 amide bonds. The van der Waals surface area contributed by atoms with E-state index in [0.717, 1.165) is 17.6 Å². The Balaban J connectivity index is 2.98. The summed E-state index contributed by atoms with van der Waals surface area (Å²) in [6.45, 7) is 3.67. The van der Waals surface area contributed by atoms with E-state index in [1.807, 2.05) is 13.0 Å². The number of halogens is 1. The highest BCUT2D eigenvalue weighted by atomic mass is 35.5. The summed E-state index contributed by atoms with van der Waals surface area (Å²) in [5.74, 6) is -0.0228. The molecule has 0 radical (unpaired) electrons. The molecule has 0 aromatic heterocycles. The van der Waals surface area contributed by atoms with Crippen molar-refractivity contribution in [2.45, 2.75) is 20.3 Å². The molecule has 0 bridgehead atoms. The molecule has 0 heterocycles. The Morgan fingerprint density at radius 3 is 2.60 bits per heavy atom. The molecule has 1 aliphatic rings. The van der Waals surface area contributed by atoms with Crippen LogP contribution in [-0.2, 0) is 4.79 Å². The zero-order valence-corrected chi connectivity index (χ0v) is 6.83. The van der Waals surface area contributed by atoms with Gasteiger partial charge in [0.25, 0.3) is 0 Å². The summed E-state index contributed by atoms with van der Waals surface area (Å²) < 4.78 is 0. The third kappa shape index (κ3) is 1.14. The van der Waals surface area contributed by atoms with E-state index in [0.29, 0.717) is 5.03 Å². The second-order valence-corrected chi connectivity index (χ2v) is 2.89. The van der Waals surface area contributed by atoms with Crippen LogP contribution in [0.4, 0.5) is 0 Å². The normalized spacial score (nSPS) is 19.5. The maximum atomic E-state index is 11.1. The maximum Gasteiger partial charge on any atom is 0.199 e. The number of allylic oxidation sites excluding steroid dienone is 4. The van der Waals surface area contributed by atoms with E-state index in [9.17, 15) is 4.79 Å². The van der Waals surface area contributed by atoms with Gasteiger partial charge in [-0.05, 0) is 31.4 Å². The number of carbonyl (C=O) groups excluding carboxylic acids is 1. The van der Waals surface area contributed by atoms with Crippen molar-refractivity contribution in [3.05, 3.63) is 22.3 Å². The molecular weight excluding hydrogens is 148 g/mol. The zero-order valence-electron chi connectivity index (χ0n) is 6.07. The maximum absolute atomic E-state index is 11.1. The van der Waals surface area contributed by atoms with Crippen LogP contribution in [-0.4, -0.2) is 5.78 Å². The highest BCUT2D eigenvalue weighted by molar-refractivity contribution is 6.45. The first-order valence-corrected chi connectivity index (χ1v) is 3.57. The Hall–Kier alpha value is -0.560. The van der Waals surface area contributed by atoms with Gasteiger partial charge in [0.1, 0.15) is 0 Å². The third-order valence-corrected chi connectivity index (χ3v) is 2.14. The molecule has 0 aliphatic heterocycles. The molecule has 1 nitrogen and oxygen atoms in total. The first-order chi connectivity index (χ1) is 4.63. The first kappa shape index (κ1) is 7.55. The van der Waals surface area contributed by atoms with Gasteiger partial charge in [-0.15, -0.1) is 0 Å². The summed E-state index contributed by atoms with van der Waals surface area (Å²) in [5.41, 5.74) is 1.73. The summed E-state index contributed by atoms with van der Waals surface area (Å²) >= 11 is 5.70. The Morgan fingerprint density at radius 1 is 1.50 bits per heavy atom. The van der Waals surface area contributed by atoms with E-state index in [4.69, 9.17) is 11.6 Å². The van der Waals surface area contributed by atoms with E-state index in [1.165, 1.54) is 0 Å². The molecular formula is C8H9ClO. The Labute approximate surface area is 65.4 Å². The highest BCUT2D eigenvalue weighted by Gasteiger charge is 2.15. The number of ketones is 1. The van der Waals surface area contributed by atoms with Crippen LogP contribution in [0.25, 0.3) is 0 Å². The number of Topliss-reactive ketones (excluding diaryl/α,β-unsaturated/α-hetero) is 1. The molecule has 0 fully saturated rings. The number of rotatable bonds is 0. The molecule has 2 heteroatoms. The van der Waals surface area contributed by atoms with Gasteiger partial charge in [-0.25, -0.2) is 0 Å². The van der Waals surface area contributed by atoms with Gasteiger partial charge in [0.05, 0.1) is 5.03 Å². The average molecular weight is 157 g/mol. The SMILES string of the molecule is CC1=CCC(C)=C(Cl)C1=O. The molecule has 0 aromatic rings. The molecule has 10 heavy (non-hydrogen) atoms. The van der Waals surface area contributed by atoms with Gasteiger partial charge < -0.3 is 0 Å². The second kappa shape index (κ2) is 2.59. The summed E-state index contributed by atoms with van der Waals surface area (Å²) in [6.07, 6.45) is 2.72. The van der Waals surface area contributed by atoms with Crippen LogP contribution in [0.2, 0.25) is 0 Å². The zero-order chi connectivity index (χ0) is 7.72. The summed E-state index contributed by atoms with van der Waals surface area (Å²) in [5, 5.41) is 0.403. The average Bonchev–Trinajstić information content (AvgIpc) is 1.93. The van der Waals surface area contributed by atoms with Gasteiger partial charge in [-0.3, -0.25) is 4.79 Å². The Kier molecular flexibility index (Phi) is 1.95. The highest BCUT2D eigenvalue weighted by Crippen LogP contribution is 2.23. The van der Waals surface area contributed by atoms with Crippen LogP contribution in [0.1, 0.15) is 20.3 Å². The molecule has 1 rings (SSSR count). The van der Waals surface area contributed by atoms with Crippen molar-refractivity contribution in [1.29, 1.82) is 0 Å². The van der Waals surface area contributed by atoms with Crippen LogP contribution in [0.3, 0.4) is 0 Å². The number of hydrogen-bond acceptors (Lipinski definition) is 1. The standard InChI is InChI=1S/C8H9ClO/c1-5-3-4-6(2)8(10)7(5)9/h4H,3H2,1-2H3. The first-order valence-electron chi connectivity index (χ1n) is 3.19. The number of hydrogen-bond donors (Lipinski definition) is 0. The van der Waals surface area contributed by atoms with Crippen molar-refractivity contribution in [3.63, 3.8) is 0 Å². The lowest BCUT2D eigenvalue weighted by Gasteiger charge is -2.08. The van der Waals surface area contributed by atoms with Crippen LogP contribution in [0.15, 0.2) is 22.3 Å². The lowest BCUT2D eigenvalue weighted by molar-refractivity contribution is -0.111. The smallest absolute Gasteiger partial charge is 0.199 e. The fourth-order valence-corrected chi connectivity index (χ4v) is 1.08. The van der Waals surface area contributed by atoms with Gasteiger partial charge in [0.2, 0.25) is 0 Å². The predicted molar refractivity (Wildman–Crippen MR) is 41.9 cm³/mol. The molecule has 0 N–H and O–H groups in total. The molecule has 54 valence electrons. The topological polar surface area (TPSA) is 17.1 Å². The van der Waals surface area contributed by atoms with Crippen molar-refractivity contribution in [1.82, 2.24) is 0 Å². The quantitative estimate of drug-likeness (QED) is 0.527. The molecule has 0 saturated carbocycles. The fourth-order valence-electron chi connectivity index (χ4n) is 0.855. The lowest BCUT2D eigenvalue weighted by atomic mass is 10.0. The minimum Gasteiger partial charge on any atom is -0.288 e. The van der Waals surface area contributed by atoms with Crippen molar-refractivity contribution in [3.8, 4) is 0 Å². The molecule has 0 aromatic carbocycles. The summed E-state index contributed by atoms with van der Waals surface area (Å²) in [4.78, 5) is 11.1. The van der Waals surface area contributed by atoms with E-state index in [1.54, 1.807) is 6.92 Å². The van der Waals surface area contributed by atoms with Crippen LogP contribution < -0.4 is 0 Å². The number of carbonyl (C=O) groups is 1. The molecule has 0 atom stereocenters. The molecule has 1 aliphatic carbocycles. The monoisotopic (exact) mass is 156 g/mol. The Morgan fingerprint density at radius 2 is 2.10 bits per heavy atom. The van der Waals surface area contributed by atoms with Gasteiger partial charge in [0, 0.05) is 0 Å². The predicted octanol–water partition coefficient (Wildman–Crippen LogP) is 2.42. The second-order valence-electron chi connectivity index (χ2n) is 2.51. The van der Waals surface area contributed by atoms with Gasteiger partial charge in [-0.2, -0.15) is 0 Å². The van der Waals surface area contributed by atoms with E-state index in [-0.39, 0.29) is 5.78 Å². The lowest BCUT2D eigenvalue weighted by Crippen LogP contribution is -2.05. The van der Waals surface area contributed by atoms with E-state index in [2.05, 4.69) is 0 Å². The minimum atomic E-state index is -0.0228. The van der Waals surface area contributed by atoms with Gasteiger partial charge in [0.15, 0.2) is 5.78 Å². The molecule has 0 saturated heterocycles. The molecule has 0 unspecified atom stereocenters. The van der Waals surface area contributed by atoms with Crippen molar-refractivity contribution < 1.29 is 4.79 Å².